The predicted octanol–water partition coefficient (Wildman–Crippen LogP) is 5.51. The third-order valence-electron chi connectivity index (χ3n) is 5.96. The van der Waals surface area contributed by atoms with Crippen LogP contribution in [0.4, 0.5) is 0 Å². The number of hydrogen-bond acceptors (Lipinski definition) is 5. The smallest absolute Gasteiger partial charge is 0.240 e. The molecule has 6 nitrogen and oxygen atoms in total. The van der Waals surface area contributed by atoms with Gasteiger partial charge in [-0.25, -0.2) is 13.1 Å². The first kappa shape index (κ1) is 23.8. The molecule has 4 aromatic carbocycles. The summed E-state index contributed by atoms with van der Waals surface area (Å²) in [4.78, 5) is 13.2. The Balaban J connectivity index is 1.31. The molecule has 1 N–H and O–H groups in total. The second-order valence-electron chi connectivity index (χ2n) is 8.49. The molecule has 1 heterocycles. The first-order valence-corrected chi connectivity index (χ1v) is 13.2. The highest BCUT2D eigenvalue weighted by Gasteiger charge is 2.23. The number of para-hydroxylation sites is 2. The van der Waals surface area contributed by atoms with Crippen molar-refractivity contribution in [2.24, 2.45) is 0 Å². The van der Waals surface area contributed by atoms with E-state index in [0.29, 0.717) is 16.9 Å². The van der Waals surface area contributed by atoms with Gasteiger partial charge in [0.1, 0.15) is 16.9 Å². The number of carbonyl (C=O) groups excluding carboxylic acids is 1. The van der Waals surface area contributed by atoms with Gasteiger partial charge in [-0.05, 0) is 42.0 Å². The molecule has 0 aliphatic carbocycles. The maximum absolute atomic E-state index is 13.1. The number of Topliss-reactive ketones (excluding diaryl/α,β-unsaturated/α-hetero) is 1. The van der Waals surface area contributed by atoms with E-state index in [2.05, 4.69) is 4.72 Å². The Bertz CT molecular complexity index is 1590. The zero-order chi connectivity index (χ0) is 25.0. The molecule has 0 bridgehead atoms. The highest BCUT2D eigenvalue weighted by molar-refractivity contribution is 7.89. The minimum absolute atomic E-state index is 0.0462. The summed E-state index contributed by atoms with van der Waals surface area (Å²) < 4.78 is 40.5. The van der Waals surface area contributed by atoms with Gasteiger partial charge in [0, 0.05) is 30.2 Å². The quantitative estimate of drug-likeness (QED) is 0.274. The predicted molar refractivity (Wildman–Crippen MR) is 140 cm³/mol. The fourth-order valence-electron chi connectivity index (χ4n) is 4.14. The second-order valence-corrected chi connectivity index (χ2v) is 10.3. The first-order chi connectivity index (χ1) is 17.5. The molecule has 1 unspecified atom stereocenters. The lowest BCUT2D eigenvalue weighted by Gasteiger charge is -2.19. The molecular weight excluding hydrogens is 474 g/mol. The normalized spacial score (nSPS) is 12.6. The molecule has 0 aliphatic heterocycles. The van der Waals surface area contributed by atoms with Gasteiger partial charge in [-0.15, -0.1) is 0 Å². The third-order valence-corrected chi connectivity index (χ3v) is 7.42. The fourth-order valence-corrected chi connectivity index (χ4v) is 5.21. The summed E-state index contributed by atoms with van der Waals surface area (Å²) in [6.45, 7) is 0.0462. The lowest BCUT2D eigenvalue weighted by molar-refractivity contribution is -0.125. The lowest BCUT2D eigenvalue weighted by Crippen LogP contribution is -2.34. The van der Waals surface area contributed by atoms with Crippen molar-refractivity contribution >= 4 is 37.7 Å². The van der Waals surface area contributed by atoms with Crippen LogP contribution >= 0.6 is 0 Å². The molecule has 1 atom stereocenters. The molecule has 1 aromatic heterocycles. The molecular formula is C29H25NO5S. The summed E-state index contributed by atoms with van der Waals surface area (Å²) in [5, 5.41) is 1.59. The standard InChI is InChI=1S/C29H25NO5S/c31-26(19-21-9-3-1-4-10-21)29(34-22-11-5-2-6-12-22)17-18-30-36(32,33)23-15-16-28-25(20-23)24-13-7-8-14-27(24)35-28/h1-16,20,29-30H,17-19H2. The van der Waals surface area contributed by atoms with Crippen molar-refractivity contribution in [3.63, 3.8) is 0 Å². The van der Waals surface area contributed by atoms with Gasteiger partial charge in [-0.2, -0.15) is 0 Å². The molecule has 5 aromatic rings. The van der Waals surface area contributed by atoms with E-state index in [-0.39, 0.29) is 30.1 Å². The monoisotopic (exact) mass is 499 g/mol. The van der Waals surface area contributed by atoms with Crippen molar-refractivity contribution in [3.05, 3.63) is 109 Å². The van der Waals surface area contributed by atoms with Crippen molar-refractivity contribution in [1.29, 1.82) is 0 Å². The molecule has 0 saturated heterocycles. The van der Waals surface area contributed by atoms with E-state index in [1.165, 1.54) is 6.07 Å². The molecule has 0 radical (unpaired) electrons. The van der Waals surface area contributed by atoms with E-state index in [9.17, 15) is 13.2 Å². The highest BCUT2D eigenvalue weighted by Crippen LogP contribution is 2.30. The van der Waals surface area contributed by atoms with Crippen LogP contribution in [-0.2, 0) is 21.2 Å². The number of carbonyl (C=O) groups is 1. The number of hydrogen-bond donors (Lipinski definition) is 1. The largest absolute Gasteiger partial charge is 0.483 e. The molecule has 0 saturated carbocycles. The maximum atomic E-state index is 13.1. The number of benzene rings is 4. The van der Waals surface area contributed by atoms with Crippen LogP contribution in [0.5, 0.6) is 5.75 Å². The average molecular weight is 500 g/mol. The summed E-state index contributed by atoms with van der Waals surface area (Å²) in [5.41, 5.74) is 2.20. The number of furan rings is 1. The Morgan fingerprint density at radius 1 is 0.806 bits per heavy atom. The SMILES string of the molecule is O=C(Cc1ccccc1)C(CCNS(=O)(=O)c1ccc2oc3ccccc3c2c1)Oc1ccccc1. The summed E-state index contributed by atoms with van der Waals surface area (Å²) in [6.07, 6.45) is -0.401. The van der Waals surface area contributed by atoms with E-state index >= 15 is 0 Å². The summed E-state index contributed by atoms with van der Waals surface area (Å²) in [6, 6.07) is 30.8. The van der Waals surface area contributed by atoms with Crippen LogP contribution in [-0.4, -0.2) is 26.8 Å². The Hall–Kier alpha value is -3.94. The van der Waals surface area contributed by atoms with Crippen LogP contribution in [0.15, 0.2) is 112 Å². The van der Waals surface area contributed by atoms with Gasteiger partial charge in [-0.1, -0.05) is 66.7 Å². The highest BCUT2D eigenvalue weighted by atomic mass is 32.2. The molecule has 7 heteroatoms. The fraction of sp³-hybridized carbons (Fsp3) is 0.138. The van der Waals surface area contributed by atoms with E-state index in [1.54, 1.807) is 24.3 Å². The Morgan fingerprint density at radius 2 is 1.47 bits per heavy atom. The first-order valence-electron chi connectivity index (χ1n) is 11.7. The minimum atomic E-state index is -3.81. The zero-order valence-electron chi connectivity index (χ0n) is 19.5. The van der Waals surface area contributed by atoms with Gasteiger partial charge in [0.05, 0.1) is 4.90 Å². The van der Waals surface area contributed by atoms with Crippen molar-refractivity contribution in [2.45, 2.75) is 23.8 Å². The Morgan fingerprint density at radius 3 is 2.25 bits per heavy atom. The molecule has 0 amide bonds. The number of rotatable bonds is 10. The molecule has 182 valence electrons. The van der Waals surface area contributed by atoms with Crippen molar-refractivity contribution in [3.8, 4) is 5.75 Å². The zero-order valence-corrected chi connectivity index (χ0v) is 20.3. The Kier molecular flexibility index (Phi) is 6.84. The molecule has 0 aliphatic rings. The van der Waals surface area contributed by atoms with Crippen molar-refractivity contribution in [1.82, 2.24) is 4.72 Å². The van der Waals surface area contributed by atoms with E-state index < -0.39 is 16.1 Å². The van der Waals surface area contributed by atoms with Gasteiger partial charge in [0.2, 0.25) is 10.0 Å². The number of nitrogens with one attached hydrogen (secondary N) is 1. The van der Waals surface area contributed by atoms with Gasteiger partial charge in [-0.3, -0.25) is 4.79 Å². The van der Waals surface area contributed by atoms with E-state index in [4.69, 9.17) is 9.15 Å². The summed E-state index contributed by atoms with van der Waals surface area (Å²) in [7, 11) is -3.81. The van der Waals surface area contributed by atoms with Gasteiger partial charge in [0.15, 0.2) is 11.9 Å². The number of ketones is 1. The molecule has 36 heavy (non-hydrogen) atoms. The number of ether oxygens (including phenoxy) is 1. The van der Waals surface area contributed by atoms with Crippen LogP contribution in [0.3, 0.4) is 0 Å². The van der Waals surface area contributed by atoms with Crippen LogP contribution in [0.2, 0.25) is 0 Å². The maximum Gasteiger partial charge on any atom is 0.240 e. The van der Waals surface area contributed by atoms with Crippen LogP contribution < -0.4 is 9.46 Å². The number of fused-ring (bicyclic) bond motifs is 3. The summed E-state index contributed by atoms with van der Waals surface area (Å²) in [5.74, 6) is 0.444. The minimum Gasteiger partial charge on any atom is -0.483 e. The van der Waals surface area contributed by atoms with Crippen LogP contribution in [0.1, 0.15) is 12.0 Å². The second kappa shape index (κ2) is 10.4. The van der Waals surface area contributed by atoms with Crippen LogP contribution in [0, 0.1) is 0 Å². The topological polar surface area (TPSA) is 85.6 Å². The Labute approximate surface area is 209 Å². The van der Waals surface area contributed by atoms with Crippen LogP contribution in [0.25, 0.3) is 21.9 Å². The average Bonchev–Trinajstić information content (AvgIpc) is 3.27. The third kappa shape index (κ3) is 5.32. The molecule has 5 rings (SSSR count). The lowest BCUT2D eigenvalue weighted by atomic mass is 10.0. The van der Waals surface area contributed by atoms with E-state index in [1.807, 2.05) is 72.8 Å². The van der Waals surface area contributed by atoms with Crippen molar-refractivity contribution < 1.29 is 22.4 Å². The van der Waals surface area contributed by atoms with Crippen molar-refractivity contribution in [2.75, 3.05) is 6.54 Å². The van der Waals surface area contributed by atoms with Gasteiger partial charge < -0.3 is 9.15 Å². The van der Waals surface area contributed by atoms with Gasteiger partial charge >= 0.3 is 0 Å². The molecule has 0 fully saturated rings. The molecule has 0 spiro atoms. The van der Waals surface area contributed by atoms with E-state index in [0.717, 1.165) is 16.3 Å². The van der Waals surface area contributed by atoms with Gasteiger partial charge in [0.25, 0.3) is 0 Å². The number of sulfonamides is 1. The summed E-state index contributed by atoms with van der Waals surface area (Å²) >= 11 is 0.